The fourth-order valence-corrected chi connectivity index (χ4v) is 3.60. The predicted molar refractivity (Wildman–Crippen MR) is 102 cm³/mol. The molecule has 2 aliphatic heterocycles. The van der Waals surface area contributed by atoms with E-state index in [1.807, 2.05) is 6.07 Å². The number of H-pyrrole nitrogens is 1. The van der Waals surface area contributed by atoms with Crippen LogP contribution in [0.1, 0.15) is 17.5 Å². The number of hydrogen-bond acceptors (Lipinski definition) is 7. The van der Waals surface area contributed by atoms with Crippen LogP contribution in [0.25, 0.3) is 16.5 Å². The Labute approximate surface area is 161 Å². The Kier molecular flexibility index (Phi) is 5.46. The lowest BCUT2D eigenvalue weighted by atomic mass is 9.94. The monoisotopic (exact) mass is 385 g/mol. The summed E-state index contributed by atoms with van der Waals surface area (Å²) in [5.41, 5.74) is 3.77. The fraction of sp³-hybridized carbons (Fsp3) is 0.450. The molecule has 0 spiro atoms. The fourth-order valence-electron chi connectivity index (χ4n) is 3.60. The third-order valence-electron chi connectivity index (χ3n) is 5.22. The molecule has 8 nitrogen and oxygen atoms in total. The van der Waals surface area contributed by atoms with Gasteiger partial charge in [0.25, 0.3) is 0 Å². The second kappa shape index (κ2) is 8.01. The van der Waals surface area contributed by atoms with Gasteiger partial charge in [-0.1, -0.05) is 17.9 Å². The lowest BCUT2D eigenvalue weighted by Gasteiger charge is -2.37. The SMILES string of the molecule is OCC1OC(C#Cc2cc(C3=CCNCC3)cc3cn[nH]c23)C(O)C(O)[C@@H]1O. The number of ether oxygens (including phenoxy) is 1. The summed E-state index contributed by atoms with van der Waals surface area (Å²) in [7, 11) is 0. The van der Waals surface area contributed by atoms with Crippen LogP contribution >= 0.6 is 0 Å². The average molecular weight is 385 g/mol. The van der Waals surface area contributed by atoms with Crippen molar-refractivity contribution in [3.63, 3.8) is 0 Å². The summed E-state index contributed by atoms with van der Waals surface area (Å²) >= 11 is 0. The molecule has 0 saturated carbocycles. The summed E-state index contributed by atoms with van der Waals surface area (Å²) in [4.78, 5) is 0. The van der Waals surface area contributed by atoms with Gasteiger partial charge in [0.15, 0.2) is 0 Å². The maximum Gasteiger partial charge on any atom is 0.147 e. The lowest BCUT2D eigenvalue weighted by molar-refractivity contribution is -0.214. The first-order valence-electron chi connectivity index (χ1n) is 9.28. The molecule has 0 radical (unpaired) electrons. The molecule has 2 aliphatic rings. The number of benzene rings is 1. The van der Waals surface area contributed by atoms with E-state index in [-0.39, 0.29) is 0 Å². The minimum absolute atomic E-state index is 0.481. The highest BCUT2D eigenvalue weighted by Crippen LogP contribution is 2.26. The molecular formula is C20H23N3O5. The van der Waals surface area contributed by atoms with Gasteiger partial charge in [-0.15, -0.1) is 0 Å². The van der Waals surface area contributed by atoms with Gasteiger partial charge < -0.3 is 30.5 Å². The van der Waals surface area contributed by atoms with Crippen LogP contribution in [0.15, 0.2) is 24.4 Å². The molecular weight excluding hydrogens is 362 g/mol. The van der Waals surface area contributed by atoms with Crippen molar-refractivity contribution in [1.82, 2.24) is 15.5 Å². The molecule has 148 valence electrons. The number of aliphatic hydroxyl groups excluding tert-OH is 4. The molecule has 3 heterocycles. The number of fused-ring (bicyclic) bond motifs is 1. The van der Waals surface area contributed by atoms with Crippen molar-refractivity contribution >= 4 is 16.5 Å². The number of nitrogens with one attached hydrogen (secondary N) is 2. The highest BCUT2D eigenvalue weighted by atomic mass is 16.5. The van der Waals surface area contributed by atoms with Crippen LogP contribution in [0.2, 0.25) is 0 Å². The van der Waals surface area contributed by atoms with Crippen molar-refractivity contribution in [2.45, 2.75) is 36.9 Å². The molecule has 28 heavy (non-hydrogen) atoms. The molecule has 4 rings (SSSR count). The van der Waals surface area contributed by atoms with Gasteiger partial charge in [-0.25, -0.2) is 0 Å². The van der Waals surface area contributed by atoms with Crippen LogP contribution in [-0.2, 0) is 4.74 Å². The van der Waals surface area contributed by atoms with E-state index in [1.54, 1.807) is 6.20 Å². The van der Waals surface area contributed by atoms with Crippen molar-refractivity contribution in [2.24, 2.45) is 0 Å². The number of aromatic amines is 1. The van der Waals surface area contributed by atoms with Crippen molar-refractivity contribution in [2.75, 3.05) is 19.7 Å². The van der Waals surface area contributed by atoms with Crippen LogP contribution in [0, 0.1) is 11.8 Å². The maximum absolute atomic E-state index is 10.2. The third kappa shape index (κ3) is 3.56. The van der Waals surface area contributed by atoms with Gasteiger partial charge in [0, 0.05) is 11.9 Å². The molecule has 5 atom stereocenters. The summed E-state index contributed by atoms with van der Waals surface area (Å²) in [6.07, 6.45) is -1.41. The lowest BCUT2D eigenvalue weighted by Crippen LogP contribution is -2.58. The van der Waals surface area contributed by atoms with Gasteiger partial charge in [0.1, 0.15) is 30.5 Å². The van der Waals surface area contributed by atoms with Gasteiger partial charge in [-0.05, 0) is 36.2 Å². The molecule has 1 aromatic carbocycles. The topological polar surface area (TPSA) is 131 Å². The van der Waals surface area contributed by atoms with E-state index >= 15 is 0 Å². The Balaban J connectivity index is 1.68. The maximum atomic E-state index is 10.2. The highest BCUT2D eigenvalue weighted by molar-refractivity contribution is 5.88. The smallest absolute Gasteiger partial charge is 0.147 e. The van der Waals surface area contributed by atoms with E-state index < -0.39 is 37.1 Å². The Morgan fingerprint density at radius 3 is 2.79 bits per heavy atom. The molecule has 6 N–H and O–H groups in total. The minimum Gasteiger partial charge on any atom is -0.394 e. The second-order valence-electron chi connectivity index (χ2n) is 7.06. The van der Waals surface area contributed by atoms with Gasteiger partial charge in [-0.3, -0.25) is 5.10 Å². The van der Waals surface area contributed by atoms with E-state index in [4.69, 9.17) is 4.74 Å². The molecule has 4 unspecified atom stereocenters. The van der Waals surface area contributed by atoms with E-state index in [1.165, 1.54) is 5.57 Å². The van der Waals surface area contributed by atoms with Gasteiger partial charge in [0.2, 0.25) is 0 Å². The summed E-state index contributed by atoms with van der Waals surface area (Å²) < 4.78 is 5.46. The highest BCUT2D eigenvalue weighted by Gasteiger charge is 2.42. The molecule has 0 aliphatic carbocycles. The first-order chi connectivity index (χ1) is 13.6. The summed E-state index contributed by atoms with van der Waals surface area (Å²) in [6.45, 7) is 1.26. The zero-order valence-electron chi connectivity index (χ0n) is 15.2. The molecule has 1 aromatic heterocycles. The first-order valence-corrected chi connectivity index (χ1v) is 9.28. The normalized spacial score (nSPS) is 30.6. The minimum atomic E-state index is -1.44. The van der Waals surface area contributed by atoms with Crippen LogP contribution in [-0.4, -0.2) is 80.8 Å². The van der Waals surface area contributed by atoms with Crippen molar-refractivity contribution in [3.8, 4) is 11.8 Å². The molecule has 1 saturated heterocycles. The zero-order valence-corrected chi connectivity index (χ0v) is 15.2. The second-order valence-corrected chi connectivity index (χ2v) is 7.06. The number of rotatable bonds is 2. The Morgan fingerprint density at radius 1 is 1.18 bits per heavy atom. The quantitative estimate of drug-likeness (QED) is 0.371. The van der Waals surface area contributed by atoms with E-state index in [0.29, 0.717) is 5.56 Å². The van der Waals surface area contributed by atoms with Crippen LogP contribution in [0.4, 0.5) is 0 Å². The first kappa shape index (κ1) is 19.1. The number of nitrogens with zero attached hydrogens (tertiary/aromatic N) is 1. The summed E-state index contributed by atoms with van der Waals surface area (Å²) in [6, 6.07) is 4.03. The molecule has 0 bridgehead atoms. The van der Waals surface area contributed by atoms with Crippen molar-refractivity contribution in [3.05, 3.63) is 35.5 Å². The number of hydrogen-bond donors (Lipinski definition) is 6. The Hall–Kier alpha value is -2.25. The zero-order chi connectivity index (χ0) is 19.7. The van der Waals surface area contributed by atoms with Gasteiger partial charge in [0.05, 0.1) is 23.9 Å². The predicted octanol–water partition coefficient (Wildman–Crippen LogP) is -0.866. The number of aliphatic hydroxyl groups is 4. The Morgan fingerprint density at radius 2 is 2.04 bits per heavy atom. The summed E-state index contributed by atoms with van der Waals surface area (Å²) in [5, 5.41) is 50.6. The van der Waals surface area contributed by atoms with E-state index in [2.05, 4.69) is 39.5 Å². The number of aromatic nitrogens is 2. The van der Waals surface area contributed by atoms with Gasteiger partial charge in [-0.2, -0.15) is 5.10 Å². The Bertz CT molecular complexity index is 942. The molecule has 0 amide bonds. The van der Waals surface area contributed by atoms with Crippen LogP contribution in [0.3, 0.4) is 0 Å². The molecule has 8 heteroatoms. The van der Waals surface area contributed by atoms with E-state index in [0.717, 1.165) is 36.0 Å². The average Bonchev–Trinajstić information content (AvgIpc) is 3.21. The van der Waals surface area contributed by atoms with Crippen LogP contribution in [0.5, 0.6) is 0 Å². The standard InChI is InChI=1S/C20H23N3O5/c24-10-16-19(26)20(27)18(25)15(28-16)2-1-12-7-13(11-3-5-21-6-4-11)8-14-9-22-23-17(12)14/h3,7-9,15-16,18-21,24-27H,4-6,10H2,(H,22,23)/t15?,16?,18?,19-,20?/m1/s1. The summed E-state index contributed by atoms with van der Waals surface area (Å²) in [5.74, 6) is 5.84. The van der Waals surface area contributed by atoms with E-state index in [9.17, 15) is 20.4 Å². The van der Waals surface area contributed by atoms with Crippen LogP contribution < -0.4 is 5.32 Å². The largest absolute Gasteiger partial charge is 0.394 e. The van der Waals surface area contributed by atoms with Crippen molar-refractivity contribution < 1.29 is 25.2 Å². The van der Waals surface area contributed by atoms with Crippen molar-refractivity contribution in [1.29, 1.82) is 0 Å². The molecule has 1 fully saturated rings. The third-order valence-corrected chi connectivity index (χ3v) is 5.22. The van der Waals surface area contributed by atoms with Gasteiger partial charge >= 0.3 is 0 Å². The molecule has 2 aromatic rings.